The van der Waals surface area contributed by atoms with E-state index in [1.165, 1.54) is 12.1 Å². The van der Waals surface area contributed by atoms with Crippen molar-refractivity contribution in [2.24, 2.45) is 5.92 Å². The Morgan fingerprint density at radius 3 is 2.89 bits per heavy atom. The Balaban J connectivity index is 1.77. The quantitative estimate of drug-likeness (QED) is 0.782. The molecule has 2 heterocycles. The normalized spacial score (nSPS) is 19.1. The molecular formula is C19H22F3N3O2. The monoisotopic (exact) mass is 381 g/mol. The van der Waals surface area contributed by atoms with Crippen LogP contribution in [0.2, 0.25) is 0 Å². The Morgan fingerprint density at radius 1 is 1.41 bits per heavy atom. The SMILES string of the molecule is CCC(C)C(=O)N1CCCC(c2nc(-c3cccc(C(F)(F)F)c3)no2)C1. The fourth-order valence-corrected chi connectivity index (χ4v) is 3.22. The van der Waals surface area contributed by atoms with Gasteiger partial charge >= 0.3 is 6.18 Å². The number of hydrogen-bond acceptors (Lipinski definition) is 4. The summed E-state index contributed by atoms with van der Waals surface area (Å²) in [4.78, 5) is 18.5. The number of carbonyl (C=O) groups is 1. The maximum absolute atomic E-state index is 12.9. The molecule has 1 aliphatic rings. The summed E-state index contributed by atoms with van der Waals surface area (Å²) in [6, 6.07) is 4.85. The summed E-state index contributed by atoms with van der Waals surface area (Å²) in [5, 5.41) is 3.85. The second kappa shape index (κ2) is 7.70. The van der Waals surface area contributed by atoms with Crippen LogP contribution in [-0.4, -0.2) is 34.0 Å². The van der Waals surface area contributed by atoms with E-state index in [4.69, 9.17) is 4.52 Å². The van der Waals surface area contributed by atoms with Crippen molar-refractivity contribution < 1.29 is 22.5 Å². The molecular weight excluding hydrogens is 359 g/mol. The van der Waals surface area contributed by atoms with Gasteiger partial charge in [0.25, 0.3) is 0 Å². The molecule has 0 aliphatic carbocycles. The predicted octanol–water partition coefficient (Wildman–Crippen LogP) is 4.51. The molecule has 0 N–H and O–H groups in total. The number of alkyl halides is 3. The molecule has 2 atom stereocenters. The molecule has 1 aromatic carbocycles. The highest BCUT2D eigenvalue weighted by molar-refractivity contribution is 5.78. The number of rotatable bonds is 4. The molecule has 2 unspecified atom stereocenters. The lowest BCUT2D eigenvalue weighted by Gasteiger charge is -2.32. The molecule has 2 aromatic rings. The molecule has 1 saturated heterocycles. The molecule has 0 saturated carbocycles. The van der Waals surface area contributed by atoms with Crippen LogP contribution in [0.15, 0.2) is 28.8 Å². The second-order valence-corrected chi connectivity index (χ2v) is 6.97. The molecule has 0 spiro atoms. The summed E-state index contributed by atoms with van der Waals surface area (Å²) in [6.07, 6.45) is -2.02. The average molecular weight is 381 g/mol. The fraction of sp³-hybridized carbons (Fsp3) is 0.526. The third kappa shape index (κ3) is 4.31. The molecule has 1 fully saturated rings. The number of aromatic nitrogens is 2. The number of likely N-dealkylation sites (tertiary alicyclic amines) is 1. The van der Waals surface area contributed by atoms with Gasteiger partial charge in [0.1, 0.15) is 0 Å². The highest BCUT2D eigenvalue weighted by atomic mass is 19.4. The van der Waals surface area contributed by atoms with Gasteiger partial charge in [-0.1, -0.05) is 31.1 Å². The van der Waals surface area contributed by atoms with Gasteiger partial charge in [0.15, 0.2) is 0 Å². The Hall–Kier alpha value is -2.38. The van der Waals surface area contributed by atoms with Crippen LogP contribution in [0.5, 0.6) is 0 Å². The summed E-state index contributed by atoms with van der Waals surface area (Å²) in [7, 11) is 0. The summed E-state index contributed by atoms with van der Waals surface area (Å²) < 4.78 is 44.0. The smallest absolute Gasteiger partial charge is 0.342 e. The van der Waals surface area contributed by atoms with Gasteiger partial charge in [0, 0.05) is 24.6 Å². The highest BCUT2D eigenvalue weighted by Gasteiger charge is 2.32. The summed E-state index contributed by atoms with van der Waals surface area (Å²) in [5.74, 6) is 0.469. The van der Waals surface area contributed by atoms with Crippen LogP contribution in [0.4, 0.5) is 13.2 Å². The lowest BCUT2D eigenvalue weighted by atomic mass is 9.96. The van der Waals surface area contributed by atoms with Crippen LogP contribution in [-0.2, 0) is 11.0 Å². The van der Waals surface area contributed by atoms with Crippen LogP contribution < -0.4 is 0 Å². The molecule has 146 valence electrons. The van der Waals surface area contributed by atoms with Crippen molar-refractivity contribution in [1.82, 2.24) is 15.0 Å². The number of hydrogen-bond donors (Lipinski definition) is 0. The average Bonchev–Trinajstić information content (AvgIpc) is 3.16. The number of amides is 1. The molecule has 27 heavy (non-hydrogen) atoms. The van der Waals surface area contributed by atoms with Crippen LogP contribution in [0.3, 0.4) is 0 Å². The van der Waals surface area contributed by atoms with Gasteiger partial charge in [-0.25, -0.2) is 0 Å². The van der Waals surface area contributed by atoms with Gasteiger partial charge in [-0.2, -0.15) is 18.2 Å². The minimum atomic E-state index is -4.43. The highest BCUT2D eigenvalue weighted by Crippen LogP contribution is 2.32. The zero-order chi connectivity index (χ0) is 19.6. The zero-order valence-corrected chi connectivity index (χ0v) is 15.3. The van der Waals surface area contributed by atoms with Crippen LogP contribution in [0, 0.1) is 5.92 Å². The fourth-order valence-electron chi connectivity index (χ4n) is 3.22. The number of halogens is 3. The van der Waals surface area contributed by atoms with E-state index >= 15 is 0 Å². The molecule has 0 radical (unpaired) electrons. The Morgan fingerprint density at radius 2 is 2.19 bits per heavy atom. The lowest BCUT2D eigenvalue weighted by molar-refractivity contribution is -0.138. The van der Waals surface area contributed by atoms with Gasteiger partial charge in [-0.05, 0) is 31.4 Å². The maximum Gasteiger partial charge on any atom is 0.416 e. The van der Waals surface area contributed by atoms with Crippen LogP contribution in [0.1, 0.15) is 50.5 Å². The van der Waals surface area contributed by atoms with Crippen molar-refractivity contribution in [1.29, 1.82) is 0 Å². The minimum absolute atomic E-state index is 0.0351. The van der Waals surface area contributed by atoms with Crippen molar-refractivity contribution in [2.75, 3.05) is 13.1 Å². The van der Waals surface area contributed by atoms with Crippen molar-refractivity contribution in [2.45, 2.75) is 45.2 Å². The largest absolute Gasteiger partial charge is 0.416 e. The lowest BCUT2D eigenvalue weighted by Crippen LogP contribution is -2.41. The van der Waals surface area contributed by atoms with Crippen molar-refractivity contribution in [3.8, 4) is 11.4 Å². The molecule has 5 nitrogen and oxygen atoms in total. The van der Waals surface area contributed by atoms with E-state index in [1.807, 2.05) is 18.7 Å². The predicted molar refractivity (Wildman–Crippen MR) is 92.7 cm³/mol. The Kier molecular flexibility index (Phi) is 5.53. The van der Waals surface area contributed by atoms with Crippen molar-refractivity contribution >= 4 is 5.91 Å². The zero-order valence-electron chi connectivity index (χ0n) is 15.3. The van der Waals surface area contributed by atoms with Gasteiger partial charge in [-0.3, -0.25) is 4.79 Å². The van der Waals surface area contributed by atoms with Gasteiger partial charge in [-0.15, -0.1) is 0 Å². The number of benzene rings is 1. The first-order valence-corrected chi connectivity index (χ1v) is 9.09. The van der Waals surface area contributed by atoms with Gasteiger partial charge in [0.05, 0.1) is 11.5 Å². The molecule has 3 rings (SSSR count). The van der Waals surface area contributed by atoms with Gasteiger partial charge in [0.2, 0.25) is 17.6 Å². The van der Waals surface area contributed by atoms with E-state index in [0.717, 1.165) is 31.4 Å². The van der Waals surface area contributed by atoms with Crippen LogP contribution >= 0.6 is 0 Å². The maximum atomic E-state index is 12.9. The first kappa shape index (κ1) is 19.4. The van der Waals surface area contributed by atoms with E-state index in [-0.39, 0.29) is 29.1 Å². The third-order valence-corrected chi connectivity index (χ3v) is 5.01. The molecule has 1 aromatic heterocycles. The second-order valence-electron chi connectivity index (χ2n) is 6.97. The van der Waals surface area contributed by atoms with Crippen molar-refractivity contribution in [3.05, 3.63) is 35.7 Å². The number of piperidine rings is 1. The van der Waals surface area contributed by atoms with Crippen molar-refractivity contribution in [3.63, 3.8) is 0 Å². The first-order chi connectivity index (χ1) is 12.8. The molecule has 1 aliphatic heterocycles. The van der Waals surface area contributed by atoms with E-state index in [9.17, 15) is 18.0 Å². The van der Waals surface area contributed by atoms with E-state index in [2.05, 4.69) is 10.1 Å². The molecule has 8 heteroatoms. The van der Waals surface area contributed by atoms with E-state index in [0.29, 0.717) is 19.0 Å². The number of carbonyl (C=O) groups excluding carboxylic acids is 1. The third-order valence-electron chi connectivity index (χ3n) is 5.01. The van der Waals surface area contributed by atoms with Gasteiger partial charge < -0.3 is 9.42 Å². The number of nitrogens with zero attached hydrogens (tertiary/aromatic N) is 3. The first-order valence-electron chi connectivity index (χ1n) is 9.09. The summed E-state index contributed by atoms with van der Waals surface area (Å²) in [5.41, 5.74) is -0.502. The van der Waals surface area contributed by atoms with Crippen LogP contribution in [0.25, 0.3) is 11.4 Å². The minimum Gasteiger partial charge on any atom is -0.342 e. The summed E-state index contributed by atoms with van der Waals surface area (Å²) in [6.45, 7) is 5.08. The van der Waals surface area contributed by atoms with E-state index in [1.54, 1.807) is 0 Å². The standard InChI is InChI=1S/C19H22F3N3O2/c1-3-12(2)18(26)25-9-5-7-14(11-25)17-23-16(24-27-17)13-6-4-8-15(10-13)19(20,21)22/h4,6,8,10,12,14H,3,5,7,9,11H2,1-2H3. The molecule has 0 bridgehead atoms. The van der Waals surface area contributed by atoms with E-state index < -0.39 is 11.7 Å². The topological polar surface area (TPSA) is 59.2 Å². The summed E-state index contributed by atoms with van der Waals surface area (Å²) >= 11 is 0. The Bertz CT molecular complexity index is 803. The molecule has 1 amide bonds. The Labute approximate surface area is 155 Å².